The molecule has 0 aliphatic carbocycles. The largest absolute Gasteiger partial charge is 0.332 e. The second-order valence-corrected chi connectivity index (χ2v) is 4.30. The Kier molecular flexibility index (Phi) is 4.21. The van der Waals surface area contributed by atoms with Crippen LogP contribution in [0.5, 0.6) is 0 Å². The summed E-state index contributed by atoms with van der Waals surface area (Å²) in [5.41, 5.74) is 1.09. The molecule has 5 nitrogen and oxygen atoms in total. The van der Waals surface area contributed by atoms with Gasteiger partial charge in [0.25, 0.3) is 5.69 Å². The summed E-state index contributed by atoms with van der Waals surface area (Å²) in [7, 11) is 0. The van der Waals surface area contributed by atoms with Gasteiger partial charge in [-0.15, -0.1) is 0 Å². The van der Waals surface area contributed by atoms with Gasteiger partial charge in [0.15, 0.2) is 5.11 Å². The number of nitro groups is 1. The number of nitrogens with zero attached hydrogens (tertiary/aromatic N) is 1. The van der Waals surface area contributed by atoms with Gasteiger partial charge in [-0.25, -0.2) is 4.39 Å². The fourth-order valence-corrected chi connectivity index (χ4v) is 1.76. The van der Waals surface area contributed by atoms with E-state index < -0.39 is 4.92 Å². The summed E-state index contributed by atoms with van der Waals surface area (Å²) in [5.74, 6) is -0.340. The summed E-state index contributed by atoms with van der Waals surface area (Å²) in [4.78, 5) is 10.2. The monoisotopic (exact) mass is 291 g/mol. The molecule has 0 radical (unpaired) electrons. The lowest BCUT2D eigenvalue weighted by Crippen LogP contribution is -2.19. The highest BCUT2D eigenvalue weighted by Gasteiger charge is 2.06. The van der Waals surface area contributed by atoms with Crippen LogP contribution < -0.4 is 10.6 Å². The lowest BCUT2D eigenvalue weighted by molar-refractivity contribution is -0.384. The number of nitro benzene ring substituents is 1. The highest BCUT2D eigenvalue weighted by molar-refractivity contribution is 7.80. The van der Waals surface area contributed by atoms with Crippen molar-refractivity contribution < 1.29 is 9.31 Å². The Morgan fingerprint density at radius 2 is 1.75 bits per heavy atom. The second kappa shape index (κ2) is 6.07. The summed E-state index contributed by atoms with van der Waals surface area (Å²) in [6, 6.07) is 11.7. The maximum atomic E-state index is 12.8. The zero-order valence-electron chi connectivity index (χ0n) is 10.2. The quantitative estimate of drug-likeness (QED) is 0.514. The zero-order valence-corrected chi connectivity index (χ0v) is 11.0. The Morgan fingerprint density at radius 3 is 2.40 bits per heavy atom. The summed E-state index contributed by atoms with van der Waals surface area (Å²) < 4.78 is 12.8. The van der Waals surface area contributed by atoms with Crippen molar-refractivity contribution in [2.75, 3.05) is 10.6 Å². The van der Waals surface area contributed by atoms with Crippen LogP contribution in [0.3, 0.4) is 0 Å². The van der Waals surface area contributed by atoms with Gasteiger partial charge in [-0.3, -0.25) is 10.1 Å². The molecule has 0 unspecified atom stereocenters. The smallest absolute Gasteiger partial charge is 0.271 e. The van der Waals surface area contributed by atoms with E-state index in [0.717, 1.165) is 0 Å². The average molecular weight is 291 g/mol. The van der Waals surface area contributed by atoms with E-state index in [-0.39, 0.29) is 16.6 Å². The Bertz CT molecular complexity index is 646. The number of anilines is 2. The summed E-state index contributed by atoms with van der Waals surface area (Å²) >= 11 is 5.07. The predicted octanol–water partition coefficient (Wildman–Crippen LogP) is 3.54. The topological polar surface area (TPSA) is 67.2 Å². The standard InChI is InChI=1S/C13H10FN3O2S/c14-9-4-6-10(7-5-9)15-13(20)16-11-2-1-3-12(8-11)17(18)19/h1-8H,(H2,15,16,20). The molecule has 0 aliphatic rings. The van der Waals surface area contributed by atoms with Crippen molar-refractivity contribution in [2.24, 2.45) is 0 Å². The molecule has 0 spiro atoms. The highest BCUT2D eigenvalue weighted by atomic mass is 32.1. The third kappa shape index (κ3) is 3.72. The maximum absolute atomic E-state index is 12.8. The minimum atomic E-state index is -0.484. The van der Waals surface area contributed by atoms with Gasteiger partial charge >= 0.3 is 0 Å². The van der Waals surface area contributed by atoms with Crippen molar-refractivity contribution in [1.82, 2.24) is 0 Å². The molecule has 0 aliphatic heterocycles. The van der Waals surface area contributed by atoms with E-state index in [1.807, 2.05) is 0 Å². The lowest BCUT2D eigenvalue weighted by Gasteiger charge is -2.10. The number of thiocarbonyl (C=S) groups is 1. The first-order valence-corrected chi connectivity index (χ1v) is 6.03. The first-order valence-electron chi connectivity index (χ1n) is 5.62. The number of hydrogen-bond acceptors (Lipinski definition) is 3. The Morgan fingerprint density at radius 1 is 1.10 bits per heavy atom. The predicted molar refractivity (Wildman–Crippen MR) is 79.3 cm³/mol. The van der Waals surface area contributed by atoms with Crippen molar-refractivity contribution in [3.63, 3.8) is 0 Å². The molecule has 0 atom stereocenters. The van der Waals surface area contributed by atoms with Crippen molar-refractivity contribution in [1.29, 1.82) is 0 Å². The fourth-order valence-electron chi connectivity index (χ4n) is 1.52. The summed E-state index contributed by atoms with van der Waals surface area (Å²) in [6.45, 7) is 0. The number of rotatable bonds is 3. The van der Waals surface area contributed by atoms with Crippen LogP contribution in [0, 0.1) is 15.9 Å². The maximum Gasteiger partial charge on any atom is 0.271 e. The molecule has 102 valence electrons. The molecule has 0 heterocycles. The first-order chi connectivity index (χ1) is 9.54. The molecule has 0 aromatic heterocycles. The Balaban J connectivity index is 2.02. The second-order valence-electron chi connectivity index (χ2n) is 3.89. The van der Waals surface area contributed by atoms with E-state index >= 15 is 0 Å². The summed E-state index contributed by atoms with van der Waals surface area (Å²) in [5, 5.41) is 16.6. The number of benzene rings is 2. The Hall–Kier alpha value is -2.54. The number of nitrogens with one attached hydrogen (secondary N) is 2. The van der Waals surface area contributed by atoms with Crippen LogP contribution in [0.2, 0.25) is 0 Å². The molecule has 0 bridgehead atoms. The molecule has 0 amide bonds. The van der Waals surface area contributed by atoms with Gasteiger partial charge in [-0.1, -0.05) is 6.07 Å². The van der Waals surface area contributed by atoms with Gasteiger partial charge in [-0.2, -0.15) is 0 Å². The summed E-state index contributed by atoms with van der Waals surface area (Å²) in [6.07, 6.45) is 0. The van der Waals surface area contributed by atoms with E-state index in [1.165, 1.54) is 36.4 Å². The molecule has 0 fully saturated rings. The molecule has 7 heteroatoms. The van der Waals surface area contributed by atoms with Crippen molar-refractivity contribution >= 4 is 34.4 Å². The van der Waals surface area contributed by atoms with Crippen molar-refractivity contribution in [3.05, 3.63) is 64.5 Å². The Labute approximate surface area is 119 Å². The number of halogens is 1. The van der Waals surface area contributed by atoms with E-state index in [9.17, 15) is 14.5 Å². The van der Waals surface area contributed by atoms with Crippen LogP contribution in [0.4, 0.5) is 21.5 Å². The highest BCUT2D eigenvalue weighted by Crippen LogP contribution is 2.17. The van der Waals surface area contributed by atoms with Gasteiger partial charge in [0.2, 0.25) is 0 Å². The average Bonchev–Trinajstić information content (AvgIpc) is 2.41. The van der Waals surface area contributed by atoms with E-state index in [2.05, 4.69) is 10.6 Å². The van der Waals surface area contributed by atoms with E-state index in [4.69, 9.17) is 12.2 Å². The number of non-ortho nitro benzene ring substituents is 1. The van der Waals surface area contributed by atoms with Crippen molar-refractivity contribution in [2.45, 2.75) is 0 Å². The molecule has 0 saturated carbocycles. The molecular weight excluding hydrogens is 281 g/mol. The van der Waals surface area contributed by atoms with Crippen LogP contribution in [-0.4, -0.2) is 10.0 Å². The fraction of sp³-hybridized carbons (Fsp3) is 0. The third-order valence-corrected chi connectivity index (χ3v) is 2.62. The van der Waals surface area contributed by atoms with Gasteiger partial charge in [0.05, 0.1) is 4.92 Å². The molecule has 2 aromatic rings. The van der Waals surface area contributed by atoms with Gasteiger partial charge in [-0.05, 0) is 42.5 Å². The zero-order chi connectivity index (χ0) is 14.5. The lowest BCUT2D eigenvalue weighted by atomic mass is 10.3. The van der Waals surface area contributed by atoms with E-state index in [0.29, 0.717) is 11.4 Å². The van der Waals surface area contributed by atoms with Crippen LogP contribution >= 0.6 is 12.2 Å². The van der Waals surface area contributed by atoms with Crippen LogP contribution in [0.1, 0.15) is 0 Å². The molecule has 2 aromatic carbocycles. The van der Waals surface area contributed by atoms with Gasteiger partial charge < -0.3 is 10.6 Å². The van der Waals surface area contributed by atoms with Crippen LogP contribution in [0.15, 0.2) is 48.5 Å². The minimum Gasteiger partial charge on any atom is -0.332 e. The third-order valence-electron chi connectivity index (χ3n) is 2.42. The van der Waals surface area contributed by atoms with Crippen LogP contribution in [-0.2, 0) is 0 Å². The molecular formula is C13H10FN3O2S. The minimum absolute atomic E-state index is 0.0282. The molecule has 2 N–H and O–H groups in total. The van der Waals surface area contributed by atoms with Crippen molar-refractivity contribution in [3.8, 4) is 0 Å². The molecule has 0 saturated heterocycles. The van der Waals surface area contributed by atoms with Gasteiger partial charge in [0.1, 0.15) is 5.82 Å². The van der Waals surface area contributed by atoms with E-state index in [1.54, 1.807) is 12.1 Å². The molecule has 2 rings (SSSR count). The SMILES string of the molecule is O=[N+]([O-])c1cccc(NC(=S)Nc2ccc(F)cc2)c1. The first kappa shape index (κ1) is 13.9. The normalized spacial score (nSPS) is 9.85. The molecule has 20 heavy (non-hydrogen) atoms. The van der Waals surface area contributed by atoms with Crippen LogP contribution in [0.25, 0.3) is 0 Å². The number of hydrogen-bond donors (Lipinski definition) is 2. The van der Waals surface area contributed by atoms with Gasteiger partial charge in [0, 0.05) is 23.5 Å².